The highest BCUT2D eigenvalue weighted by atomic mass is 32.1. The van der Waals surface area contributed by atoms with E-state index in [4.69, 9.17) is 10.8 Å². The van der Waals surface area contributed by atoms with Crippen LogP contribution in [0.3, 0.4) is 0 Å². The van der Waals surface area contributed by atoms with Crippen molar-refractivity contribution in [2.75, 3.05) is 5.75 Å². The highest BCUT2D eigenvalue weighted by Crippen LogP contribution is 2.05. The maximum absolute atomic E-state index is 12.5. The van der Waals surface area contributed by atoms with E-state index in [1.54, 1.807) is 13.8 Å². The Kier molecular flexibility index (Phi) is 11.0. The number of carboxylic acids is 1. The van der Waals surface area contributed by atoms with Crippen molar-refractivity contribution in [3.63, 3.8) is 0 Å². The van der Waals surface area contributed by atoms with Crippen LogP contribution in [0.2, 0.25) is 0 Å². The topological polar surface area (TPSA) is 191 Å². The average molecular weight is 423 g/mol. The summed E-state index contributed by atoms with van der Waals surface area (Å²) in [4.78, 5) is 47.9. The largest absolute Gasteiger partial charge is 0.480 e. The molecule has 12 heteroatoms. The molecule has 162 valence electrons. The number of rotatable bonds is 11. The van der Waals surface area contributed by atoms with Gasteiger partial charge in [-0.25, -0.2) is 4.79 Å². The third kappa shape index (κ3) is 8.00. The SMILES string of the molecule is CC(C)C(NC(=O)C(N)C(C)O)C(=O)NC(CS)C(=O)NC(C(=O)O)C(C)O. The summed E-state index contributed by atoms with van der Waals surface area (Å²) in [5, 5.41) is 34.8. The normalized spacial score (nSPS) is 17.6. The summed E-state index contributed by atoms with van der Waals surface area (Å²) in [5.41, 5.74) is 5.55. The zero-order valence-electron chi connectivity index (χ0n) is 16.2. The van der Waals surface area contributed by atoms with E-state index in [-0.39, 0.29) is 11.7 Å². The Morgan fingerprint density at radius 1 is 0.857 bits per heavy atom. The molecule has 8 N–H and O–H groups in total. The predicted molar refractivity (Wildman–Crippen MR) is 103 cm³/mol. The average Bonchev–Trinajstić information content (AvgIpc) is 2.59. The molecule has 0 aromatic carbocycles. The van der Waals surface area contributed by atoms with Crippen LogP contribution in [0.25, 0.3) is 0 Å². The molecular weight excluding hydrogens is 392 g/mol. The number of hydrogen-bond donors (Lipinski definition) is 8. The van der Waals surface area contributed by atoms with Crippen LogP contribution in [0.5, 0.6) is 0 Å². The van der Waals surface area contributed by atoms with Crippen molar-refractivity contribution >= 4 is 36.3 Å². The Labute approximate surface area is 168 Å². The number of carbonyl (C=O) groups excluding carboxylic acids is 3. The van der Waals surface area contributed by atoms with Crippen molar-refractivity contribution in [3.8, 4) is 0 Å². The molecule has 3 amide bonds. The van der Waals surface area contributed by atoms with Gasteiger partial charge in [0, 0.05) is 5.75 Å². The third-order valence-electron chi connectivity index (χ3n) is 3.93. The van der Waals surface area contributed by atoms with Gasteiger partial charge in [0.1, 0.15) is 18.1 Å². The van der Waals surface area contributed by atoms with Gasteiger partial charge in [-0.15, -0.1) is 0 Å². The number of nitrogens with two attached hydrogens (primary N) is 1. The first kappa shape index (κ1) is 26.1. The molecular formula is C16H30N4O7S. The van der Waals surface area contributed by atoms with Crippen LogP contribution >= 0.6 is 12.6 Å². The fourth-order valence-corrected chi connectivity index (χ4v) is 2.36. The molecule has 0 radical (unpaired) electrons. The van der Waals surface area contributed by atoms with E-state index >= 15 is 0 Å². The Hall–Kier alpha value is -1.89. The monoisotopic (exact) mass is 422 g/mol. The van der Waals surface area contributed by atoms with Crippen molar-refractivity contribution in [1.29, 1.82) is 0 Å². The minimum Gasteiger partial charge on any atom is -0.480 e. The summed E-state index contributed by atoms with van der Waals surface area (Å²) >= 11 is 3.98. The maximum Gasteiger partial charge on any atom is 0.328 e. The predicted octanol–water partition coefficient (Wildman–Crippen LogP) is -2.80. The molecule has 0 rings (SSSR count). The summed E-state index contributed by atoms with van der Waals surface area (Å²) in [7, 11) is 0. The minimum absolute atomic E-state index is 0.157. The molecule has 6 atom stereocenters. The first-order valence-corrected chi connectivity index (χ1v) is 9.33. The lowest BCUT2D eigenvalue weighted by Gasteiger charge is -2.27. The smallest absolute Gasteiger partial charge is 0.328 e. The molecule has 0 saturated heterocycles. The molecule has 0 aliphatic rings. The van der Waals surface area contributed by atoms with Crippen molar-refractivity contribution in [3.05, 3.63) is 0 Å². The summed E-state index contributed by atoms with van der Waals surface area (Å²) in [6.45, 7) is 5.84. The molecule has 0 bridgehead atoms. The number of thiol groups is 1. The lowest BCUT2D eigenvalue weighted by atomic mass is 10.0. The van der Waals surface area contributed by atoms with Gasteiger partial charge in [0.15, 0.2) is 6.04 Å². The molecule has 0 aliphatic carbocycles. The molecule has 0 heterocycles. The third-order valence-corrected chi connectivity index (χ3v) is 4.30. The van der Waals surface area contributed by atoms with Crippen LogP contribution in [-0.4, -0.2) is 81.1 Å². The number of hydrogen-bond acceptors (Lipinski definition) is 8. The van der Waals surface area contributed by atoms with E-state index in [1.165, 1.54) is 13.8 Å². The summed E-state index contributed by atoms with van der Waals surface area (Å²) in [6, 6.07) is -5.06. The molecule has 0 fully saturated rings. The Morgan fingerprint density at radius 3 is 1.71 bits per heavy atom. The number of carboxylic acid groups (broad SMARTS) is 1. The van der Waals surface area contributed by atoms with Crippen molar-refractivity contribution < 1.29 is 34.5 Å². The van der Waals surface area contributed by atoms with Gasteiger partial charge in [0.05, 0.1) is 12.2 Å². The Balaban J connectivity index is 5.18. The van der Waals surface area contributed by atoms with Crippen LogP contribution in [0, 0.1) is 5.92 Å². The van der Waals surface area contributed by atoms with E-state index in [0.29, 0.717) is 0 Å². The highest BCUT2D eigenvalue weighted by molar-refractivity contribution is 7.80. The maximum atomic E-state index is 12.5. The first-order chi connectivity index (χ1) is 12.8. The summed E-state index contributed by atoms with van der Waals surface area (Å²) in [6.07, 6.45) is -2.48. The Morgan fingerprint density at radius 2 is 1.36 bits per heavy atom. The van der Waals surface area contributed by atoms with Crippen molar-refractivity contribution in [1.82, 2.24) is 16.0 Å². The fraction of sp³-hybridized carbons (Fsp3) is 0.750. The van der Waals surface area contributed by atoms with Crippen LogP contribution in [-0.2, 0) is 19.2 Å². The second-order valence-electron chi connectivity index (χ2n) is 6.81. The molecule has 6 unspecified atom stereocenters. The summed E-state index contributed by atoms with van der Waals surface area (Å²) < 4.78 is 0. The number of nitrogens with one attached hydrogen (secondary N) is 3. The van der Waals surface area contributed by atoms with Gasteiger partial charge in [-0.05, 0) is 19.8 Å². The molecule has 0 spiro atoms. The molecule has 0 saturated carbocycles. The van der Waals surface area contributed by atoms with Gasteiger partial charge >= 0.3 is 5.97 Å². The van der Waals surface area contributed by atoms with Crippen molar-refractivity contribution in [2.45, 2.75) is 64.1 Å². The summed E-state index contributed by atoms with van der Waals surface area (Å²) in [5.74, 6) is -4.28. The van der Waals surface area contributed by atoms with E-state index < -0.39 is 60.1 Å². The molecule has 0 aromatic heterocycles. The number of aliphatic hydroxyl groups is 2. The molecule has 28 heavy (non-hydrogen) atoms. The lowest BCUT2D eigenvalue weighted by Crippen LogP contribution is -2.60. The van der Waals surface area contributed by atoms with Crippen LogP contribution in [0.4, 0.5) is 0 Å². The van der Waals surface area contributed by atoms with E-state index in [9.17, 15) is 29.4 Å². The minimum atomic E-state index is -1.56. The van der Waals surface area contributed by atoms with Crippen LogP contribution in [0.1, 0.15) is 27.7 Å². The van der Waals surface area contributed by atoms with Gasteiger partial charge < -0.3 is 37.0 Å². The number of amides is 3. The molecule has 0 aliphatic heterocycles. The zero-order valence-corrected chi connectivity index (χ0v) is 17.1. The van der Waals surface area contributed by atoms with Gasteiger partial charge in [-0.3, -0.25) is 14.4 Å². The number of carbonyl (C=O) groups is 4. The first-order valence-electron chi connectivity index (χ1n) is 8.69. The molecule has 11 nitrogen and oxygen atoms in total. The van der Waals surface area contributed by atoms with E-state index in [0.717, 1.165) is 0 Å². The van der Waals surface area contributed by atoms with E-state index in [2.05, 4.69) is 28.6 Å². The highest BCUT2D eigenvalue weighted by Gasteiger charge is 2.32. The number of aliphatic carboxylic acids is 1. The van der Waals surface area contributed by atoms with Gasteiger partial charge in [0.2, 0.25) is 17.7 Å². The lowest BCUT2D eigenvalue weighted by molar-refractivity contribution is -0.145. The molecule has 0 aromatic rings. The van der Waals surface area contributed by atoms with Crippen LogP contribution < -0.4 is 21.7 Å². The van der Waals surface area contributed by atoms with Gasteiger partial charge in [-0.2, -0.15) is 12.6 Å². The van der Waals surface area contributed by atoms with Crippen LogP contribution in [0.15, 0.2) is 0 Å². The van der Waals surface area contributed by atoms with Gasteiger partial charge in [-0.1, -0.05) is 13.8 Å². The fourth-order valence-electron chi connectivity index (χ4n) is 2.10. The zero-order chi connectivity index (χ0) is 22.2. The number of aliphatic hydroxyl groups excluding tert-OH is 2. The Bertz CT molecular complexity index is 571. The second-order valence-corrected chi connectivity index (χ2v) is 7.17. The quantitative estimate of drug-likeness (QED) is 0.164. The standard InChI is InChI=1S/C16H30N4O7S/c1-6(2)11(19-14(24)10(17)7(3)21)15(25)18-9(5-28)13(23)20-12(8(4)22)16(26)27/h6-12,21-22,28H,5,17H2,1-4H3,(H,18,25)(H,19,24)(H,20,23)(H,26,27). The van der Waals surface area contributed by atoms with Crippen molar-refractivity contribution in [2.24, 2.45) is 11.7 Å². The van der Waals surface area contributed by atoms with Gasteiger partial charge in [0.25, 0.3) is 0 Å². The second kappa shape index (κ2) is 11.8. The van der Waals surface area contributed by atoms with E-state index in [1.807, 2.05) is 0 Å².